The molecular weight excluding hydrogens is 344 g/mol. The lowest BCUT2D eigenvalue weighted by Gasteiger charge is -2.25. The van der Waals surface area contributed by atoms with E-state index in [4.69, 9.17) is 9.15 Å². The summed E-state index contributed by atoms with van der Waals surface area (Å²) >= 11 is 0. The molecule has 27 heavy (non-hydrogen) atoms. The van der Waals surface area contributed by atoms with Gasteiger partial charge in [-0.05, 0) is 45.2 Å². The van der Waals surface area contributed by atoms with Gasteiger partial charge in [0.05, 0.1) is 31.0 Å². The predicted molar refractivity (Wildman–Crippen MR) is 103 cm³/mol. The molecule has 0 saturated carbocycles. The van der Waals surface area contributed by atoms with Crippen LogP contribution in [0.2, 0.25) is 0 Å². The van der Waals surface area contributed by atoms with Crippen molar-refractivity contribution < 1.29 is 13.9 Å². The lowest BCUT2D eigenvalue weighted by Crippen LogP contribution is -2.35. The number of hydrogen-bond acceptors (Lipinski definition) is 5. The van der Waals surface area contributed by atoms with Crippen LogP contribution in [0.3, 0.4) is 0 Å². The van der Waals surface area contributed by atoms with Crippen molar-refractivity contribution in [2.24, 2.45) is 7.05 Å². The summed E-state index contributed by atoms with van der Waals surface area (Å²) < 4.78 is 13.1. The summed E-state index contributed by atoms with van der Waals surface area (Å²) in [4.78, 5) is 14.8. The SMILES string of the molecule is Cc1nn(C)c(C)c1CCCNC(=O)c1cc(CN2CCOCC2)oc1C. The van der Waals surface area contributed by atoms with Crippen molar-refractivity contribution in [2.45, 2.75) is 40.2 Å². The molecule has 0 bridgehead atoms. The van der Waals surface area contributed by atoms with E-state index in [1.54, 1.807) is 0 Å². The van der Waals surface area contributed by atoms with E-state index in [0.717, 1.165) is 57.1 Å². The van der Waals surface area contributed by atoms with Gasteiger partial charge in [0.1, 0.15) is 11.5 Å². The average molecular weight is 374 g/mol. The Kier molecular flexibility index (Phi) is 6.34. The molecule has 2 aromatic rings. The maximum atomic E-state index is 12.5. The molecule has 1 aliphatic rings. The van der Waals surface area contributed by atoms with E-state index in [1.165, 1.54) is 11.3 Å². The van der Waals surface area contributed by atoms with Gasteiger partial charge >= 0.3 is 0 Å². The topological polar surface area (TPSA) is 72.5 Å². The van der Waals surface area contributed by atoms with Crippen LogP contribution in [0.5, 0.6) is 0 Å². The van der Waals surface area contributed by atoms with Crippen LogP contribution in [0.25, 0.3) is 0 Å². The lowest BCUT2D eigenvalue weighted by atomic mass is 10.1. The number of carbonyl (C=O) groups is 1. The minimum Gasteiger partial charge on any atom is -0.464 e. The molecule has 7 nitrogen and oxygen atoms in total. The standard InChI is InChI=1S/C20H30N4O3/c1-14-18(15(2)23(4)22-14)6-5-7-21-20(25)19-12-17(27-16(19)3)13-24-8-10-26-11-9-24/h12H,5-11,13H2,1-4H3,(H,21,25). The first-order chi connectivity index (χ1) is 13.0. The van der Waals surface area contributed by atoms with E-state index >= 15 is 0 Å². The van der Waals surface area contributed by atoms with Crippen molar-refractivity contribution in [3.05, 3.63) is 40.1 Å². The van der Waals surface area contributed by atoms with Gasteiger partial charge in [-0.2, -0.15) is 5.10 Å². The number of aryl methyl sites for hydroxylation is 3. The van der Waals surface area contributed by atoms with E-state index in [-0.39, 0.29) is 5.91 Å². The van der Waals surface area contributed by atoms with Crippen LogP contribution in [0.1, 0.15) is 45.3 Å². The van der Waals surface area contributed by atoms with Crippen LogP contribution >= 0.6 is 0 Å². The monoisotopic (exact) mass is 374 g/mol. The smallest absolute Gasteiger partial charge is 0.254 e. The van der Waals surface area contributed by atoms with Crippen LogP contribution in [0.15, 0.2) is 10.5 Å². The van der Waals surface area contributed by atoms with Crippen LogP contribution in [0.4, 0.5) is 0 Å². The van der Waals surface area contributed by atoms with E-state index in [2.05, 4.69) is 22.2 Å². The summed E-state index contributed by atoms with van der Waals surface area (Å²) in [6.07, 6.45) is 1.80. The summed E-state index contributed by atoms with van der Waals surface area (Å²) in [6.45, 7) is 10.6. The fraction of sp³-hybridized carbons (Fsp3) is 0.600. The lowest BCUT2D eigenvalue weighted by molar-refractivity contribution is 0.0312. The molecule has 3 rings (SSSR count). The van der Waals surface area contributed by atoms with Gasteiger partial charge in [-0.1, -0.05) is 0 Å². The number of rotatable bonds is 7. The number of ether oxygens (including phenoxy) is 1. The second-order valence-electron chi connectivity index (χ2n) is 7.20. The Balaban J connectivity index is 1.49. The third-order valence-electron chi connectivity index (χ3n) is 5.24. The predicted octanol–water partition coefficient (Wildman–Crippen LogP) is 2.13. The van der Waals surface area contributed by atoms with Gasteiger partial charge < -0.3 is 14.5 Å². The summed E-state index contributed by atoms with van der Waals surface area (Å²) in [5, 5.41) is 7.45. The Bertz CT molecular complexity index is 787. The molecule has 1 fully saturated rings. The van der Waals surface area contributed by atoms with Crippen LogP contribution < -0.4 is 5.32 Å². The number of aromatic nitrogens is 2. The first kappa shape index (κ1) is 19.6. The number of carbonyl (C=O) groups excluding carboxylic acids is 1. The number of nitrogens with zero attached hydrogens (tertiary/aromatic N) is 3. The van der Waals surface area contributed by atoms with Crippen molar-refractivity contribution in [2.75, 3.05) is 32.8 Å². The molecule has 0 atom stereocenters. The van der Waals surface area contributed by atoms with Gasteiger partial charge in [0, 0.05) is 32.4 Å². The van der Waals surface area contributed by atoms with Crippen LogP contribution in [-0.4, -0.2) is 53.4 Å². The van der Waals surface area contributed by atoms with E-state index in [0.29, 0.717) is 17.9 Å². The molecule has 0 unspecified atom stereocenters. The normalized spacial score (nSPS) is 15.3. The number of hydrogen-bond donors (Lipinski definition) is 1. The molecule has 0 spiro atoms. The molecule has 148 valence electrons. The first-order valence-corrected chi connectivity index (χ1v) is 9.62. The molecule has 1 saturated heterocycles. The number of morpholine rings is 1. The third-order valence-corrected chi connectivity index (χ3v) is 5.24. The van der Waals surface area contributed by atoms with Gasteiger partial charge in [0.2, 0.25) is 0 Å². The summed E-state index contributed by atoms with van der Waals surface area (Å²) in [7, 11) is 1.96. The zero-order chi connectivity index (χ0) is 19.4. The molecule has 2 aromatic heterocycles. The third kappa shape index (κ3) is 4.78. The zero-order valence-electron chi connectivity index (χ0n) is 16.8. The number of furan rings is 1. The highest BCUT2D eigenvalue weighted by atomic mass is 16.5. The average Bonchev–Trinajstić information content (AvgIpc) is 3.12. The Morgan fingerprint density at radius 3 is 2.67 bits per heavy atom. The fourth-order valence-electron chi connectivity index (χ4n) is 3.57. The highest BCUT2D eigenvalue weighted by molar-refractivity contribution is 5.95. The molecule has 1 amide bonds. The number of amides is 1. The van der Waals surface area contributed by atoms with E-state index < -0.39 is 0 Å². The minimum absolute atomic E-state index is 0.0656. The highest BCUT2D eigenvalue weighted by Gasteiger charge is 2.18. The van der Waals surface area contributed by atoms with Crippen molar-refractivity contribution in [3.8, 4) is 0 Å². The second-order valence-corrected chi connectivity index (χ2v) is 7.20. The van der Waals surface area contributed by atoms with Crippen molar-refractivity contribution in [1.29, 1.82) is 0 Å². The summed E-state index contributed by atoms with van der Waals surface area (Å²) in [5.74, 6) is 1.44. The fourth-order valence-corrected chi connectivity index (χ4v) is 3.57. The molecule has 7 heteroatoms. The van der Waals surface area contributed by atoms with Gasteiger partial charge in [-0.25, -0.2) is 0 Å². The van der Waals surface area contributed by atoms with Gasteiger partial charge in [0.15, 0.2) is 0 Å². The van der Waals surface area contributed by atoms with Gasteiger partial charge in [-0.15, -0.1) is 0 Å². The summed E-state index contributed by atoms with van der Waals surface area (Å²) in [6, 6.07) is 1.87. The molecule has 1 aliphatic heterocycles. The summed E-state index contributed by atoms with van der Waals surface area (Å²) in [5.41, 5.74) is 4.17. The van der Waals surface area contributed by atoms with Crippen molar-refractivity contribution in [3.63, 3.8) is 0 Å². The molecule has 0 aliphatic carbocycles. The maximum Gasteiger partial charge on any atom is 0.254 e. The number of nitrogens with one attached hydrogen (secondary N) is 1. The quantitative estimate of drug-likeness (QED) is 0.752. The van der Waals surface area contributed by atoms with Gasteiger partial charge in [0.25, 0.3) is 5.91 Å². The van der Waals surface area contributed by atoms with Gasteiger partial charge in [-0.3, -0.25) is 14.4 Å². The Morgan fingerprint density at radius 2 is 2.00 bits per heavy atom. The minimum atomic E-state index is -0.0656. The first-order valence-electron chi connectivity index (χ1n) is 9.62. The van der Waals surface area contributed by atoms with Crippen molar-refractivity contribution >= 4 is 5.91 Å². The van der Waals surface area contributed by atoms with E-state index in [1.807, 2.05) is 31.6 Å². The Hall–Kier alpha value is -2.12. The van der Waals surface area contributed by atoms with Crippen molar-refractivity contribution in [1.82, 2.24) is 20.0 Å². The molecule has 3 heterocycles. The highest BCUT2D eigenvalue weighted by Crippen LogP contribution is 2.17. The largest absolute Gasteiger partial charge is 0.464 e. The molecular formula is C20H30N4O3. The molecule has 0 aromatic carbocycles. The molecule has 1 N–H and O–H groups in total. The van der Waals surface area contributed by atoms with E-state index in [9.17, 15) is 4.79 Å². The zero-order valence-corrected chi connectivity index (χ0v) is 16.8. The Morgan fingerprint density at radius 1 is 1.26 bits per heavy atom. The maximum absolute atomic E-state index is 12.5. The molecule has 0 radical (unpaired) electrons. The second kappa shape index (κ2) is 8.71. The van der Waals surface area contributed by atoms with Crippen LogP contribution in [-0.2, 0) is 24.8 Å². The van der Waals surface area contributed by atoms with Crippen LogP contribution in [0, 0.1) is 20.8 Å². The Labute approximate surface area is 160 Å².